The molecular weight excluding hydrogens is 326 g/mol. The molecule has 1 unspecified atom stereocenters. The first-order valence-corrected chi connectivity index (χ1v) is 7.79. The molecule has 0 amide bonds. The molecule has 0 saturated heterocycles. The molecule has 1 atom stereocenters. The minimum Gasteiger partial charge on any atom is -0.467 e. The van der Waals surface area contributed by atoms with Crippen LogP contribution in [0.25, 0.3) is 11.5 Å². The number of nitrogens with zero attached hydrogens (tertiary/aromatic N) is 4. The Hall–Kier alpha value is -2.70. The molecule has 1 aromatic carbocycles. The molecule has 2 aromatic rings. The van der Waals surface area contributed by atoms with Gasteiger partial charge in [0.2, 0.25) is 0 Å². The standard InChI is InChI=1S/C17H14ClN5O/c18-12-5-3-11(4-6-12)8-23-10-22-15(16-17(23)21-9-20-16)14(19)13-2-1-7-24-13/h1-7,9-10,14H,8,19H2. The van der Waals surface area contributed by atoms with E-state index in [1.165, 1.54) is 6.33 Å². The molecule has 0 spiro atoms. The fourth-order valence-corrected chi connectivity index (χ4v) is 2.76. The van der Waals surface area contributed by atoms with Crippen molar-refractivity contribution in [1.82, 2.24) is 19.5 Å². The third-order valence-corrected chi connectivity index (χ3v) is 4.09. The summed E-state index contributed by atoms with van der Waals surface area (Å²) in [5.74, 6) is 1.37. The van der Waals surface area contributed by atoms with Crippen LogP contribution in [0, 0.1) is 0 Å². The van der Waals surface area contributed by atoms with Gasteiger partial charge in [-0.1, -0.05) is 23.7 Å². The van der Waals surface area contributed by atoms with Gasteiger partial charge in [0, 0.05) is 5.02 Å². The third-order valence-electron chi connectivity index (χ3n) is 3.84. The minimum absolute atomic E-state index is 0.482. The van der Waals surface area contributed by atoms with Gasteiger partial charge in [-0.3, -0.25) is 0 Å². The van der Waals surface area contributed by atoms with Gasteiger partial charge in [0.25, 0.3) is 0 Å². The summed E-state index contributed by atoms with van der Waals surface area (Å²) in [6.07, 6.45) is 4.83. The second kappa shape index (κ2) is 6.07. The zero-order valence-electron chi connectivity index (χ0n) is 12.6. The highest BCUT2D eigenvalue weighted by atomic mass is 35.5. The number of halogens is 1. The molecule has 120 valence electrons. The SMILES string of the molecule is NC(c1ccco1)c1ncn(Cc2ccc(Cl)cc2)c2ncnc1-2. The second-order valence-corrected chi connectivity index (χ2v) is 5.86. The summed E-state index contributed by atoms with van der Waals surface area (Å²) in [5, 5.41) is 0.708. The Balaban J connectivity index is 1.70. The topological polar surface area (TPSA) is 82.8 Å². The molecule has 6 nitrogen and oxygen atoms in total. The summed E-state index contributed by atoms with van der Waals surface area (Å²) in [6.45, 7) is 0.621. The van der Waals surface area contributed by atoms with Crippen LogP contribution in [0.2, 0.25) is 5.02 Å². The van der Waals surface area contributed by atoms with E-state index in [1.54, 1.807) is 18.7 Å². The van der Waals surface area contributed by atoms with Crippen LogP contribution in [0.4, 0.5) is 0 Å². The van der Waals surface area contributed by atoms with Gasteiger partial charge in [0.1, 0.15) is 23.8 Å². The lowest BCUT2D eigenvalue weighted by atomic mass is 10.1. The predicted octanol–water partition coefficient (Wildman–Crippen LogP) is 3.12. The highest BCUT2D eigenvalue weighted by Gasteiger charge is 2.23. The Bertz CT molecular complexity index is 917. The molecule has 1 aromatic heterocycles. The number of nitrogens with two attached hydrogens (primary N) is 1. The van der Waals surface area contributed by atoms with Crippen LogP contribution >= 0.6 is 11.6 Å². The summed E-state index contributed by atoms with van der Waals surface area (Å²) >= 11 is 5.93. The Morgan fingerprint density at radius 2 is 1.96 bits per heavy atom. The molecule has 24 heavy (non-hydrogen) atoms. The molecular formula is C17H14ClN5O. The fraction of sp³-hybridized carbons (Fsp3) is 0.118. The number of hydrogen-bond acceptors (Lipinski definition) is 5. The Labute approximate surface area is 143 Å². The maximum absolute atomic E-state index is 6.26. The first kappa shape index (κ1) is 14.9. The molecule has 0 aliphatic carbocycles. The largest absolute Gasteiger partial charge is 0.467 e. The van der Waals surface area contributed by atoms with Crippen LogP contribution in [0.5, 0.6) is 0 Å². The first-order valence-electron chi connectivity index (χ1n) is 7.41. The van der Waals surface area contributed by atoms with Gasteiger partial charge >= 0.3 is 0 Å². The van der Waals surface area contributed by atoms with Crippen molar-refractivity contribution in [2.45, 2.75) is 12.6 Å². The van der Waals surface area contributed by atoms with Crippen LogP contribution in [0.15, 0.2) is 59.7 Å². The number of furan rings is 1. The zero-order valence-corrected chi connectivity index (χ0v) is 13.4. The van der Waals surface area contributed by atoms with Crippen molar-refractivity contribution in [1.29, 1.82) is 0 Å². The van der Waals surface area contributed by atoms with Crippen LogP contribution < -0.4 is 5.73 Å². The summed E-state index contributed by atoms with van der Waals surface area (Å²) < 4.78 is 7.31. The number of rotatable bonds is 4. The lowest BCUT2D eigenvalue weighted by molar-refractivity contribution is 0.485. The number of fused-ring (bicyclic) bond motifs is 1. The Morgan fingerprint density at radius 3 is 2.71 bits per heavy atom. The van der Waals surface area contributed by atoms with Gasteiger partial charge in [0.15, 0.2) is 5.82 Å². The molecule has 0 radical (unpaired) electrons. The first-order chi connectivity index (χ1) is 11.7. The molecule has 7 heteroatoms. The molecule has 0 bridgehead atoms. The second-order valence-electron chi connectivity index (χ2n) is 5.42. The Morgan fingerprint density at radius 1 is 1.12 bits per heavy atom. The van der Waals surface area contributed by atoms with E-state index >= 15 is 0 Å². The molecule has 0 fully saturated rings. The smallest absolute Gasteiger partial charge is 0.163 e. The van der Waals surface area contributed by atoms with E-state index in [0.29, 0.717) is 28.7 Å². The molecule has 0 saturated carbocycles. The van der Waals surface area contributed by atoms with E-state index in [-0.39, 0.29) is 0 Å². The average molecular weight is 340 g/mol. The maximum atomic E-state index is 6.26. The summed E-state index contributed by atoms with van der Waals surface area (Å²) in [7, 11) is 0. The summed E-state index contributed by atoms with van der Waals surface area (Å²) in [6, 6.07) is 10.8. The van der Waals surface area contributed by atoms with Gasteiger partial charge in [0.05, 0.1) is 24.8 Å². The van der Waals surface area contributed by atoms with E-state index in [4.69, 9.17) is 21.8 Å². The molecule has 4 rings (SSSR count). The van der Waals surface area contributed by atoms with Crippen molar-refractivity contribution in [2.24, 2.45) is 5.73 Å². The predicted molar refractivity (Wildman–Crippen MR) is 89.7 cm³/mol. The van der Waals surface area contributed by atoms with Crippen molar-refractivity contribution in [2.75, 3.05) is 0 Å². The van der Waals surface area contributed by atoms with Crippen LogP contribution in [0.3, 0.4) is 0 Å². The monoisotopic (exact) mass is 339 g/mol. The quantitative estimate of drug-likeness (QED) is 0.617. The van der Waals surface area contributed by atoms with Gasteiger partial charge in [-0.15, -0.1) is 0 Å². The highest BCUT2D eigenvalue weighted by Crippen LogP contribution is 2.28. The van der Waals surface area contributed by atoms with Gasteiger partial charge in [-0.25, -0.2) is 15.0 Å². The van der Waals surface area contributed by atoms with Crippen molar-refractivity contribution in [3.8, 4) is 11.5 Å². The normalized spacial score (nSPS) is 12.6. The molecule has 3 heterocycles. The van der Waals surface area contributed by atoms with E-state index in [9.17, 15) is 0 Å². The number of benzene rings is 1. The van der Waals surface area contributed by atoms with Gasteiger partial charge < -0.3 is 14.7 Å². The van der Waals surface area contributed by atoms with Crippen LogP contribution in [-0.4, -0.2) is 19.5 Å². The maximum Gasteiger partial charge on any atom is 0.163 e. The molecule has 2 N–H and O–H groups in total. The van der Waals surface area contributed by atoms with Crippen LogP contribution in [0.1, 0.15) is 23.1 Å². The fourth-order valence-electron chi connectivity index (χ4n) is 2.63. The van der Waals surface area contributed by atoms with Crippen molar-refractivity contribution in [3.05, 3.63) is 77.4 Å². The summed E-state index contributed by atoms with van der Waals surface area (Å²) in [5.41, 5.74) is 8.67. The highest BCUT2D eigenvalue weighted by molar-refractivity contribution is 6.30. The summed E-state index contributed by atoms with van der Waals surface area (Å²) in [4.78, 5) is 13.2. The third kappa shape index (κ3) is 2.66. The minimum atomic E-state index is -0.482. The van der Waals surface area contributed by atoms with Gasteiger partial charge in [-0.05, 0) is 29.8 Å². The van der Waals surface area contributed by atoms with Crippen molar-refractivity contribution < 1.29 is 4.42 Å². The lowest BCUT2D eigenvalue weighted by Gasteiger charge is -2.16. The Kier molecular flexibility index (Phi) is 3.76. The van der Waals surface area contributed by atoms with E-state index in [2.05, 4.69) is 15.0 Å². The van der Waals surface area contributed by atoms with E-state index in [0.717, 1.165) is 11.4 Å². The van der Waals surface area contributed by atoms with Crippen molar-refractivity contribution >= 4 is 11.6 Å². The van der Waals surface area contributed by atoms with Crippen LogP contribution in [-0.2, 0) is 6.54 Å². The number of aromatic nitrogens is 4. The zero-order chi connectivity index (χ0) is 16.5. The lowest BCUT2D eigenvalue weighted by Crippen LogP contribution is -2.17. The van der Waals surface area contributed by atoms with E-state index < -0.39 is 6.04 Å². The molecule has 2 aliphatic heterocycles. The molecule has 2 aliphatic rings. The number of imidazole rings is 1. The van der Waals surface area contributed by atoms with Gasteiger partial charge in [-0.2, -0.15) is 0 Å². The van der Waals surface area contributed by atoms with Crippen molar-refractivity contribution in [3.63, 3.8) is 0 Å². The number of hydrogen-bond donors (Lipinski definition) is 1. The van der Waals surface area contributed by atoms with E-state index in [1.807, 2.05) is 34.9 Å². The average Bonchev–Trinajstić information content (AvgIpc) is 3.28.